The lowest BCUT2D eigenvalue weighted by Gasteiger charge is -2.07. The zero-order valence-corrected chi connectivity index (χ0v) is 11.1. The third-order valence-corrected chi connectivity index (χ3v) is 2.73. The molecule has 0 bridgehead atoms. The van der Waals surface area contributed by atoms with E-state index in [0.29, 0.717) is 0 Å². The van der Waals surface area contributed by atoms with Crippen LogP contribution in [0.1, 0.15) is 38.1 Å². The summed E-state index contributed by atoms with van der Waals surface area (Å²) in [6, 6.07) is 2.13. The molecule has 3 nitrogen and oxygen atoms in total. The first kappa shape index (κ1) is 13.2. The Morgan fingerprint density at radius 1 is 1.31 bits per heavy atom. The molecule has 1 N–H and O–H groups in total. The van der Waals surface area contributed by atoms with Gasteiger partial charge in [0.25, 0.3) is 0 Å². The van der Waals surface area contributed by atoms with E-state index in [1.807, 2.05) is 6.92 Å². The molecular formula is C13H25N3. The standard InChI is InChI=1S/C13H25N3/c1-11(2)6-8-14-7-5-9-16-13(4)10-12(3)15-16/h10-11,14H,5-9H2,1-4H3. The normalized spacial score (nSPS) is 11.3. The van der Waals surface area contributed by atoms with Crippen LogP contribution in [0.2, 0.25) is 0 Å². The van der Waals surface area contributed by atoms with E-state index in [0.717, 1.165) is 37.7 Å². The Balaban J connectivity index is 2.09. The van der Waals surface area contributed by atoms with Crippen LogP contribution in [0.25, 0.3) is 0 Å². The molecule has 0 radical (unpaired) electrons. The molecule has 1 heterocycles. The Labute approximate surface area is 99.2 Å². The fraction of sp³-hybridized carbons (Fsp3) is 0.769. The van der Waals surface area contributed by atoms with E-state index in [9.17, 15) is 0 Å². The molecule has 0 aromatic carbocycles. The van der Waals surface area contributed by atoms with Gasteiger partial charge in [0.2, 0.25) is 0 Å². The Morgan fingerprint density at radius 2 is 2.06 bits per heavy atom. The van der Waals surface area contributed by atoms with Crippen molar-refractivity contribution in [3.8, 4) is 0 Å². The Morgan fingerprint density at radius 3 is 2.62 bits per heavy atom. The molecular weight excluding hydrogens is 198 g/mol. The maximum atomic E-state index is 4.45. The van der Waals surface area contributed by atoms with Crippen LogP contribution in [-0.4, -0.2) is 22.9 Å². The van der Waals surface area contributed by atoms with Crippen LogP contribution in [-0.2, 0) is 6.54 Å². The summed E-state index contributed by atoms with van der Waals surface area (Å²) in [5, 5.41) is 7.92. The zero-order chi connectivity index (χ0) is 12.0. The smallest absolute Gasteiger partial charge is 0.0596 e. The molecule has 16 heavy (non-hydrogen) atoms. The van der Waals surface area contributed by atoms with E-state index in [-0.39, 0.29) is 0 Å². The van der Waals surface area contributed by atoms with Crippen molar-refractivity contribution in [2.75, 3.05) is 13.1 Å². The summed E-state index contributed by atoms with van der Waals surface area (Å²) in [6.07, 6.45) is 2.42. The van der Waals surface area contributed by atoms with Crippen LogP contribution in [0.3, 0.4) is 0 Å². The molecule has 1 rings (SSSR count). The fourth-order valence-corrected chi connectivity index (χ4v) is 1.77. The lowest BCUT2D eigenvalue weighted by atomic mass is 10.1. The fourth-order valence-electron chi connectivity index (χ4n) is 1.77. The molecule has 0 atom stereocenters. The summed E-state index contributed by atoms with van der Waals surface area (Å²) in [5.41, 5.74) is 2.38. The number of hydrogen-bond acceptors (Lipinski definition) is 2. The molecule has 3 heteroatoms. The highest BCUT2D eigenvalue weighted by Crippen LogP contribution is 2.02. The minimum absolute atomic E-state index is 0.795. The summed E-state index contributed by atoms with van der Waals surface area (Å²) >= 11 is 0. The van der Waals surface area contributed by atoms with E-state index < -0.39 is 0 Å². The number of nitrogens with zero attached hydrogens (tertiary/aromatic N) is 2. The van der Waals surface area contributed by atoms with Crippen LogP contribution in [0.5, 0.6) is 0 Å². The van der Waals surface area contributed by atoms with Gasteiger partial charge < -0.3 is 5.32 Å². The molecule has 0 aliphatic heterocycles. The lowest BCUT2D eigenvalue weighted by molar-refractivity contribution is 0.500. The van der Waals surface area contributed by atoms with Gasteiger partial charge in [0, 0.05) is 12.2 Å². The first-order valence-electron chi connectivity index (χ1n) is 6.31. The van der Waals surface area contributed by atoms with Crippen molar-refractivity contribution in [1.29, 1.82) is 0 Å². The molecule has 0 saturated heterocycles. The second-order valence-electron chi connectivity index (χ2n) is 4.94. The highest BCUT2D eigenvalue weighted by molar-refractivity contribution is 5.06. The van der Waals surface area contributed by atoms with Gasteiger partial charge >= 0.3 is 0 Å². The van der Waals surface area contributed by atoms with Gasteiger partial charge in [-0.25, -0.2) is 0 Å². The number of rotatable bonds is 7. The molecule has 0 aliphatic rings. The molecule has 0 fully saturated rings. The van der Waals surface area contributed by atoms with Crippen LogP contribution in [0, 0.1) is 19.8 Å². The monoisotopic (exact) mass is 223 g/mol. The molecule has 92 valence electrons. The Hall–Kier alpha value is -0.830. The third-order valence-electron chi connectivity index (χ3n) is 2.73. The van der Waals surface area contributed by atoms with Gasteiger partial charge in [-0.1, -0.05) is 13.8 Å². The second kappa shape index (κ2) is 6.69. The van der Waals surface area contributed by atoms with Crippen molar-refractivity contribution < 1.29 is 0 Å². The van der Waals surface area contributed by atoms with E-state index in [1.54, 1.807) is 0 Å². The van der Waals surface area contributed by atoms with Crippen LogP contribution in [0.15, 0.2) is 6.07 Å². The highest BCUT2D eigenvalue weighted by Gasteiger charge is 1.99. The summed E-state index contributed by atoms with van der Waals surface area (Å²) in [6.45, 7) is 11.9. The molecule has 0 spiro atoms. The predicted octanol–water partition coefficient (Wildman–Crippen LogP) is 2.53. The largest absolute Gasteiger partial charge is 0.317 e. The van der Waals surface area contributed by atoms with E-state index in [4.69, 9.17) is 0 Å². The van der Waals surface area contributed by atoms with Crippen molar-refractivity contribution in [2.24, 2.45) is 5.92 Å². The molecule has 1 aromatic rings. The van der Waals surface area contributed by atoms with Gasteiger partial charge in [-0.05, 0) is 51.8 Å². The minimum atomic E-state index is 0.795. The van der Waals surface area contributed by atoms with Crippen molar-refractivity contribution in [3.63, 3.8) is 0 Å². The molecule has 1 aromatic heterocycles. The Kier molecular flexibility index (Phi) is 5.53. The number of aryl methyl sites for hydroxylation is 3. The zero-order valence-electron chi connectivity index (χ0n) is 11.1. The van der Waals surface area contributed by atoms with Gasteiger partial charge in [0.15, 0.2) is 0 Å². The van der Waals surface area contributed by atoms with Gasteiger partial charge in [0.05, 0.1) is 5.69 Å². The minimum Gasteiger partial charge on any atom is -0.317 e. The molecule has 0 amide bonds. The quantitative estimate of drug-likeness (QED) is 0.720. The summed E-state index contributed by atoms with van der Waals surface area (Å²) in [5.74, 6) is 0.795. The second-order valence-corrected chi connectivity index (χ2v) is 4.94. The topological polar surface area (TPSA) is 29.9 Å². The first-order valence-corrected chi connectivity index (χ1v) is 6.31. The van der Waals surface area contributed by atoms with E-state index >= 15 is 0 Å². The van der Waals surface area contributed by atoms with Gasteiger partial charge in [-0.15, -0.1) is 0 Å². The summed E-state index contributed by atoms with van der Waals surface area (Å²) < 4.78 is 2.10. The highest BCUT2D eigenvalue weighted by atomic mass is 15.3. The summed E-state index contributed by atoms with van der Waals surface area (Å²) in [4.78, 5) is 0. The van der Waals surface area contributed by atoms with Crippen LogP contribution >= 0.6 is 0 Å². The predicted molar refractivity (Wildman–Crippen MR) is 68.6 cm³/mol. The van der Waals surface area contributed by atoms with Gasteiger partial charge in [-0.3, -0.25) is 4.68 Å². The van der Waals surface area contributed by atoms with Gasteiger partial charge in [-0.2, -0.15) is 5.10 Å². The van der Waals surface area contributed by atoms with Crippen molar-refractivity contribution >= 4 is 0 Å². The lowest BCUT2D eigenvalue weighted by Crippen LogP contribution is -2.19. The van der Waals surface area contributed by atoms with Crippen molar-refractivity contribution in [2.45, 2.75) is 47.1 Å². The van der Waals surface area contributed by atoms with Crippen LogP contribution in [0.4, 0.5) is 0 Å². The summed E-state index contributed by atoms with van der Waals surface area (Å²) in [7, 11) is 0. The first-order chi connectivity index (χ1) is 7.59. The molecule has 0 saturated carbocycles. The Bertz CT molecular complexity index is 302. The maximum absolute atomic E-state index is 4.45. The van der Waals surface area contributed by atoms with E-state index in [1.165, 1.54) is 12.1 Å². The third kappa shape index (κ3) is 4.79. The average molecular weight is 223 g/mol. The average Bonchev–Trinajstić information content (AvgIpc) is 2.50. The SMILES string of the molecule is Cc1cc(C)n(CCCNCCC(C)C)n1. The van der Waals surface area contributed by atoms with Crippen LogP contribution < -0.4 is 5.32 Å². The number of aromatic nitrogens is 2. The van der Waals surface area contributed by atoms with Gasteiger partial charge in [0.1, 0.15) is 0 Å². The molecule has 0 unspecified atom stereocenters. The molecule has 0 aliphatic carbocycles. The van der Waals surface area contributed by atoms with Crippen molar-refractivity contribution in [1.82, 2.24) is 15.1 Å². The van der Waals surface area contributed by atoms with E-state index in [2.05, 4.69) is 41.9 Å². The number of hydrogen-bond donors (Lipinski definition) is 1. The van der Waals surface area contributed by atoms with Crippen molar-refractivity contribution in [3.05, 3.63) is 17.5 Å². The maximum Gasteiger partial charge on any atom is 0.0596 e. The number of nitrogens with one attached hydrogen (secondary N) is 1.